The maximum Gasteiger partial charge on any atom is 0.225 e. The third kappa shape index (κ3) is 2.58. The predicted octanol–water partition coefficient (Wildman–Crippen LogP) is 2.37. The van der Waals surface area contributed by atoms with E-state index in [4.69, 9.17) is 0 Å². The van der Waals surface area contributed by atoms with E-state index in [9.17, 15) is 4.79 Å². The maximum atomic E-state index is 12.4. The van der Waals surface area contributed by atoms with Crippen LogP contribution in [-0.2, 0) is 4.79 Å². The standard InChI is InChI=1S/C15H24N4O/c1-3-11(4-2)15(20)18-8-7-13(9-18)19-10-14(16-17-19)12-5-6-12/h10-13H,3-9H2,1-2H3. The molecule has 110 valence electrons. The molecule has 1 saturated heterocycles. The van der Waals surface area contributed by atoms with Crippen molar-refractivity contribution in [1.29, 1.82) is 0 Å². The molecule has 1 atom stereocenters. The first-order valence-corrected chi connectivity index (χ1v) is 7.93. The van der Waals surface area contributed by atoms with Crippen molar-refractivity contribution in [2.24, 2.45) is 5.92 Å². The van der Waals surface area contributed by atoms with Crippen molar-refractivity contribution >= 4 is 5.91 Å². The van der Waals surface area contributed by atoms with Crippen LogP contribution in [-0.4, -0.2) is 38.9 Å². The molecule has 1 aliphatic heterocycles. The first kappa shape index (κ1) is 13.6. The van der Waals surface area contributed by atoms with Crippen LogP contribution in [0.5, 0.6) is 0 Å². The molecule has 1 amide bonds. The van der Waals surface area contributed by atoms with Crippen molar-refractivity contribution in [3.63, 3.8) is 0 Å². The summed E-state index contributed by atoms with van der Waals surface area (Å²) in [6.45, 7) is 5.85. The van der Waals surface area contributed by atoms with Gasteiger partial charge in [0.1, 0.15) is 0 Å². The lowest BCUT2D eigenvalue weighted by Gasteiger charge is -2.21. The fourth-order valence-electron chi connectivity index (χ4n) is 3.09. The fourth-order valence-corrected chi connectivity index (χ4v) is 3.09. The molecule has 2 fully saturated rings. The highest BCUT2D eigenvalue weighted by Gasteiger charge is 2.32. The van der Waals surface area contributed by atoms with Crippen molar-refractivity contribution in [3.05, 3.63) is 11.9 Å². The molecule has 5 heteroatoms. The van der Waals surface area contributed by atoms with Crippen molar-refractivity contribution in [3.8, 4) is 0 Å². The Kier molecular flexibility index (Phi) is 3.76. The lowest BCUT2D eigenvalue weighted by molar-refractivity contribution is -0.134. The van der Waals surface area contributed by atoms with Crippen LogP contribution in [0.2, 0.25) is 0 Å². The van der Waals surface area contributed by atoms with Crippen LogP contribution in [0.3, 0.4) is 0 Å². The van der Waals surface area contributed by atoms with Gasteiger partial charge in [0.15, 0.2) is 0 Å². The van der Waals surface area contributed by atoms with Gasteiger partial charge in [-0.3, -0.25) is 4.79 Å². The molecule has 3 rings (SSSR count). The highest BCUT2D eigenvalue weighted by atomic mass is 16.2. The first-order valence-electron chi connectivity index (χ1n) is 7.93. The molecule has 0 bridgehead atoms. The van der Waals surface area contributed by atoms with E-state index < -0.39 is 0 Å². The second kappa shape index (κ2) is 5.54. The molecule has 0 spiro atoms. The highest BCUT2D eigenvalue weighted by molar-refractivity contribution is 5.79. The van der Waals surface area contributed by atoms with Gasteiger partial charge < -0.3 is 4.90 Å². The Bertz CT molecular complexity index is 476. The van der Waals surface area contributed by atoms with Crippen molar-refractivity contribution in [2.75, 3.05) is 13.1 Å². The van der Waals surface area contributed by atoms with Gasteiger partial charge in [0.05, 0.1) is 11.7 Å². The van der Waals surface area contributed by atoms with E-state index in [1.807, 2.05) is 9.58 Å². The van der Waals surface area contributed by atoms with E-state index in [0.717, 1.165) is 38.0 Å². The SMILES string of the molecule is CCC(CC)C(=O)N1CCC(n2cc(C3CC3)nn2)C1. The molecule has 1 unspecified atom stereocenters. The summed E-state index contributed by atoms with van der Waals surface area (Å²) in [6.07, 6.45) is 7.47. The average Bonchev–Trinajstić information content (AvgIpc) is 3.01. The summed E-state index contributed by atoms with van der Waals surface area (Å²) in [5, 5.41) is 8.54. The number of hydrogen-bond donors (Lipinski definition) is 0. The molecule has 2 heterocycles. The molecule has 1 aromatic heterocycles. The summed E-state index contributed by atoms with van der Waals surface area (Å²) in [6, 6.07) is 0.313. The summed E-state index contributed by atoms with van der Waals surface area (Å²) in [7, 11) is 0. The topological polar surface area (TPSA) is 51.0 Å². The van der Waals surface area contributed by atoms with E-state index in [0.29, 0.717) is 17.9 Å². The van der Waals surface area contributed by atoms with E-state index in [1.54, 1.807) is 0 Å². The van der Waals surface area contributed by atoms with Gasteiger partial charge in [-0.05, 0) is 32.1 Å². The van der Waals surface area contributed by atoms with E-state index >= 15 is 0 Å². The van der Waals surface area contributed by atoms with E-state index in [2.05, 4.69) is 30.4 Å². The molecule has 1 saturated carbocycles. The Morgan fingerprint density at radius 3 is 2.75 bits per heavy atom. The zero-order valence-electron chi connectivity index (χ0n) is 12.5. The number of likely N-dealkylation sites (tertiary alicyclic amines) is 1. The van der Waals surface area contributed by atoms with Gasteiger partial charge in [-0.1, -0.05) is 19.1 Å². The molecule has 0 aromatic carbocycles. The maximum absolute atomic E-state index is 12.4. The van der Waals surface area contributed by atoms with Gasteiger partial charge in [-0.2, -0.15) is 0 Å². The largest absolute Gasteiger partial charge is 0.340 e. The summed E-state index contributed by atoms with van der Waals surface area (Å²) in [4.78, 5) is 14.4. The summed E-state index contributed by atoms with van der Waals surface area (Å²) in [5.41, 5.74) is 1.13. The lowest BCUT2D eigenvalue weighted by Crippen LogP contribution is -2.34. The molecule has 0 N–H and O–H groups in total. The normalized spacial score (nSPS) is 22.8. The Hall–Kier alpha value is -1.39. The summed E-state index contributed by atoms with van der Waals surface area (Å²) < 4.78 is 1.98. The number of carbonyl (C=O) groups is 1. The number of aromatic nitrogens is 3. The highest BCUT2D eigenvalue weighted by Crippen LogP contribution is 2.39. The number of carbonyl (C=O) groups excluding carboxylic acids is 1. The second-order valence-electron chi connectivity index (χ2n) is 6.14. The fraction of sp³-hybridized carbons (Fsp3) is 0.800. The second-order valence-corrected chi connectivity index (χ2v) is 6.14. The molecular weight excluding hydrogens is 252 g/mol. The number of hydrogen-bond acceptors (Lipinski definition) is 3. The van der Waals surface area contributed by atoms with Crippen LogP contribution >= 0.6 is 0 Å². The molecule has 5 nitrogen and oxygen atoms in total. The van der Waals surface area contributed by atoms with Crippen molar-refractivity contribution in [2.45, 2.75) is 57.9 Å². The Balaban J connectivity index is 1.62. The minimum absolute atomic E-state index is 0.187. The zero-order chi connectivity index (χ0) is 14.1. The zero-order valence-corrected chi connectivity index (χ0v) is 12.5. The molecule has 1 aromatic rings. The van der Waals surface area contributed by atoms with Gasteiger partial charge in [0.2, 0.25) is 5.91 Å². The smallest absolute Gasteiger partial charge is 0.225 e. The van der Waals surface area contributed by atoms with Crippen LogP contribution in [0.25, 0.3) is 0 Å². The minimum atomic E-state index is 0.187. The predicted molar refractivity (Wildman–Crippen MR) is 76.3 cm³/mol. The van der Waals surface area contributed by atoms with Gasteiger partial charge >= 0.3 is 0 Å². The first-order chi connectivity index (χ1) is 9.72. The number of rotatable bonds is 5. The molecule has 0 radical (unpaired) electrons. The quantitative estimate of drug-likeness (QED) is 0.829. The Labute approximate surface area is 120 Å². The van der Waals surface area contributed by atoms with Crippen molar-refractivity contribution in [1.82, 2.24) is 19.9 Å². The van der Waals surface area contributed by atoms with Crippen LogP contribution in [0.1, 0.15) is 63.6 Å². The van der Waals surface area contributed by atoms with Gasteiger partial charge in [0.25, 0.3) is 0 Å². The van der Waals surface area contributed by atoms with E-state index in [-0.39, 0.29) is 5.92 Å². The summed E-state index contributed by atoms with van der Waals surface area (Å²) >= 11 is 0. The molecule has 20 heavy (non-hydrogen) atoms. The van der Waals surface area contributed by atoms with Crippen LogP contribution < -0.4 is 0 Å². The van der Waals surface area contributed by atoms with Crippen LogP contribution in [0.15, 0.2) is 6.20 Å². The van der Waals surface area contributed by atoms with Crippen LogP contribution in [0.4, 0.5) is 0 Å². The van der Waals surface area contributed by atoms with Crippen molar-refractivity contribution < 1.29 is 4.79 Å². The summed E-state index contributed by atoms with van der Waals surface area (Å²) in [5.74, 6) is 1.15. The Morgan fingerprint density at radius 1 is 1.35 bits per heavy atom. The number of amides is 1. The average molecular weight is 276 g/mol. The van der Waals surface area contributed by atoms with Gasteiger partial charge in [0, 0.05) is 31.1 Å². The van der Waals surface area contributed by atoms with Gasteiger partial charge in [-0.25, -0.2) is 4.68 Å². The van der Waals surface area contributed by atoms with E-state index in [1.165, 1.54) is 12.8 Å². The van der Waals surface area contributed by atoms with Gasteiger partial charge in [-0.15, -0.1) is 5.10 Å². The molecular formula is C15H24N4O. The van der Waals surface area contributed by atoms with Crippen LogP contribution in [0, 0.1) is 5.92 Å². The third-order valence-electron chi connectivity index (χ3n) is 4.71. The lowest BCUT2D eigenvalue weighted by atomic mass is 10.0. The third-order valence-corrected chi connectivity index (χ3v) is 4.71. The molecule has 1 aliphatic carbocycles. The molecule has 2 aliphatic rings. The Morgan fingerprint density at radius 2 is 2.10 bits per heavy atom. The number of nitrogens with zero attached hydrogens (tertiary/aromatic N) is 4. The monoisotopic (exact) mass is 276 g/mol. The minimum Gasteiger partial charge on any atom is -0.340 e.